The molecule has 0 saturated carbocycles. The lowest BCUT2D eigenvalue weighted by atomic mass is 9.75. The summed E-state index contributed by atoms with van der Waals surface area (Å²) in [5.41, 5.74) is 2.63. The Morgan fingerprint density at radius 2 is 1.88 bits per heavy atom. The van der Waals surface area contributed by atoms with Crippen molar-refractivity contribution in [3.05, 3.63) is 81.8 Å². The van der Waals surface area contributed by atoms with E-state index in [1.165, 1.54) is 7.11 Å². The first-order valence-electron chi connectivity index (χ1n) is 7.93. The van der Waals surface area contributed by atoms with Crippen molar-refractivity contribution < 1.29 is 14.3 Å². The Balaban J connectivity index is 1.75. The number of benzene rings is 2. The van der Waals surface area contributed by atoms with E-state index in [4.69, 9.17) is 9.47 Å². The van der Waals surface area contributed by atoms with Crippen LogP contribution in [0.25, 0.3) is 0 Å². The third kappa shape index (κ3) is 2.50. The average molecular weight is 385 g/mol. The van der Waals surface area contributed by atoms with Crippen LogP contribution in [0.15, 0.2) is 70.7 Å². The standard InChI is InChI=1S/C20H17BrO3/c1-23-19(22)16-11-18-20(24-18,14-5-3-2-4-6-14)12-17(16)13-7-9-15(21)10-8-13/h2-11,17-18H,12H2,1H3/t17-,18-,20-/m0/s1. The Bertz CT molecular complexity index is 797. The summed E-state index contributed by atoms with van der Waals surface area (Å²) in [7, 11) is 1.43. The lowest BCUT2D eigenvalue weighted by Crippen LogP contribution is -2.26. The topological polar surface area (TPSA) is 38.8 Å². The Kier molecular flexibility index (Phi) is 3.82. The van der Waals surface area contributed by atoms with Gasteiger partial charge in [0.25, 0.3) is 0 Å². The normalized spacial score (nSPS) is 27.8. The largest absolute Gasteiger partial charge is 0.466 e. The molecule has 0 bridgehead atoms. The molecule has 0 N–H and O–H groups in total. The van der Waals surface area contributed by atoms with Crippen molar-refractivity contribution >= 4 is 21.9 Å². The van der Waals surface area contributed by atoms with Crippen LogP contribution in [0.1, 0.15) is 23.5 Å². The summed E-state index contributed by atoms with van der Waals surface area (Å²) in [6.07, 6.45) is 2.62. The van der Waals surface area contributed by atoms with Crippen molar-refractivity contribution in [1.82, 2.24) is 0 Å². The Morgan fingerprint density at radius 1 is 1.17 bits per heavy atom. The van der Waals surface area contributed by atoms with Crippen LogP contribution >= 0.6 is 15.9 Å². The lowest BCUT2D eigenvalue weighted by Gasteiger charge is -2.27. The number of rotatable bonds is 3. The molecule has 3 nitrogen and oxygen atoms in total. The van der Waals surface area contributed by atoms with Crippen LogP contribution in [0.2, 0.25) is 0 Å². The smallest absolute Gasteiger partial charge is 0.334 e. The van der Waals surface area contributed by atoms with E-state index in [1.807, 2.05) is 48.5 Å². The number of hydrogen-bond donors (Lipinski definition) is 0. The van der Waals surface area contributed by atoms with Gasteiger partial charge in [-0.2, -0.15) is 0 Å². The third-order valence-electron chi connectivity index (χ3n) is 4.91. The first-order valence-corrected chi connectivity index (χ1v) is 8.72. The first-order chi connectivity index (χ1) is 11.6. The summed E-state index contributed by atoms with van der Waals surface area (Å²) in [6, 6.07) is 18.3. The molecule has 0 aromatic heterocycles. The maximum Gasteiger partial charge on any atom is 0.334 e. The number of carbonyl (C=O) groups is 1. The molecule has 2 aromatic rings. The number of esters is 1. The Labute approximate surface area is 149 Å². The predicted octanol–water partition coefficient (Wildman–Crippen LogP) is 4.33. The number of hydrogen-bond acceptors (Lipinski definition) is 3. The van der Waals surface area contributed by atoms with Crippen molar-refractivity contribution in [2.75, 3.05) is 7.11 Å². The predicted molar refractivity (Wildman–Crippen MR) is 94.6 cm³/mol. The molecule has 1 saturated heterocycles. The summed E-state index contributed by atoms with van der Waals surface area (Å²) in [5, 5.41) is 0. The minimum absolute atomic E-state index is 0.0375. The van der Waals surface area contributed by atoms with Gasteiger partial charge in [0.05, 0.1) is 7.11 Å². The fraction of sp³-hybridized carbons (Fsp3) is 0.250. The van der Waals surface area contributed by atoms with E-state index in [1.54, 1.807) is 0 Å². The number of methoxy groups -OCH3 is 1. The van der Waals surface area contributed by atoms with Crippen LogP contribution in [-0.4, -0.2) is 19.2 Å². The van der Waals surface area contributed by atoms with Crippen molar-refractivity contribution in [3.8, 4) is 0 Å². The summed E-state index contributed by atoms with van der Waals surface area (Å²) in [5.74, 6) is -0.315. The summed E-state index contributed by atoms with van der Waals surface area (Å²) >= 11 is 3.46. The molecule has 3 atom stereocenters. The quantitative estimate of drug-likeness (QED) is 0.583. The van der Waals surface area contributed by atoms with Crippen LogP contribution in [0.3, 0.4) is 0 Å². The van der Waals surface area contributed by atoms with Crippen molar-refractivity contribution in [2.45, 2.75) is 24.0 Å². The molecule has 0 unspecified atom stereocenters. The molecule has 0 spiro atoms. The second-order valence-electron chi connectivity index (χ2n) is 6.22. The van der Waals surface area contributed by atoms with Crippen LogP contribution in [-0.2, 0) is 19.9 Å². The summed E-state index contributed by atoms with van der Waals surface area (Å²) in [4.78, 5) is 12.3. The zero-order valence-electron chi connectivity index (χ0n) is 13.2. The number of carbonyl (C=O) groups excluding carboxylic acids is 1. The molecule has 1 aliphatic carbocycles. The molecule has 2 aliphatic rings. The second kappa shape index (κ2) is 5.87. The van der Waals surface area contributed by atoms with E-state index < -0.39 is 0 Å². The molecule has 24 heavy (non-hydrogen) atoms. The fourth-order valence-electron chi connectivity index (χ4n) is 3.61. The van der Waals surface area contributed by atoms with Crippen LogP contribution in [0.5, 0.6) is 0 Å². The minimum atomic E-state index is -0.323. The van der Waals surface area contributed by atoms with Crippen LogP contribution < -0.4 is 0 Å². The maximum absolute atomic E-state index is 12.3. The molecule has 2 aromatic carbocycles. The van der Waals surface area contributed by atoms with E-state index in [9.17, 15) is 4.79 Å². The van der Waals surface area contributed by atoms with E-state index in [0.717, 1.165) is 22.0 Å². The first kappa shape index (κ1) is 15.6. The van der Waals surface area contributed by atoms with Crippen molar-refractivity contribution in [1.29, 1.82) is 0 Å². The number of halogens is 1. The Hall–Kier alpha value is -1.91. The monoisotopic (exact) mass is 384 g/mol. The minimum Gasteiger partial charge on any atom is -0.466 e. The Morgan fingerprint density at radius 3 is 2.54 bits per heavy atom. The molecular formula is C20H17BrO3. The van der Waals surface area contributed by atoms with Gasteiger partial charge in [-0.1, -0.05) is 58.4 Å². The second-order valence-corrected chi connectivity index (χ2v) is 7.13. The summed E-state index contributed by atoms with van der Waals surface area (Å²) < 4.78 is 12.1. The molecule has 4 rings (SSSR count). The van der Waals surface area contributed by atoms with Gasteiger partial charge in [-0.15, -0.1) is 0 Å². The number of fused-ring (bicyclic) bond motifs is 1. The van der Waals surface area contributed by atoms with Crippen molar-refractivity contribution in [2.24, 2.45) is 0 Å². The van der Waals surface area contributed by atoms with Gasteiger partial charge >= 0.3 is 5.97 Å². The zero-order chi connectivity index (χ0) is 16.7. The van der Waals surface area contributed by atoms with E-state index >= 15 is 0 Å². The lowest BCUT2D eigenvalue weighted by molar-refractivity contribution is -0.136. The van der Waals surface area contributed by atoms with Gasteiger partial charge in [0.2, 0.25) is 0 Å². The molecular weight excluding hydrogens is 368 g/mol. The highest BCUT2D eigenvalue weighted by Gasteiger charge is 2.60. The van der Waals surface area contributed by atoms with Gasteiger partial charge in [0.15, 0.2) is 0 Å². The average Bonchev–Trinajstić information content (AvgIpc) is 3.36. The fourth-order valence-corrected chi connectivity index (χ4v) is 3.87. The zero-order valence-corrected chi connectivity index (χ0v) is 14.8. The SMILES string of the molecule is COC(=O)C1=C[C@@H]2O[C@]2(c2ccccc2)C[C@H]1c1ccc(Br)cc1. The molecule has 0 amide bonds. The van der Waals surface area contributed by atoms with Gasteiger partial charge in [0, 0.05) is 16.0 Å². The molecule has 1 aliphatic heterocycles. The molecule has 4 heteroatoms. The van der Waals surface area contributed by atoms with Gasteiger partial charge in [0.1, 0.15) is 11.7 Å². The van der Waals surface area contributed by atoms with E-state index in [-0.39, 0.29) is 23.6 Å². The van der Waals surface area contributed by atoms with Crippen LogP contribution in [0.4, 0.5) is 0 Å². The van der Waals surface area contributed by atoms with Crippen molar-refractivity contribution in [3.63, 3.8) is 0 Å². The van der Waals surface area contributed by atoms with Gasteiger partial charge in [-0.3, -0.25) is 0 Å². The van der Waals surface area contributed by atoms with Crippen LogP contribution in [0, 0.1) is 0 Å². The summed E-state index contributed by atoms with van der Waals surface area (Å²) in [6.45, 7) is 0. The number of epoxide rings is 1. The maximum atomic E-state index is 12.3. The van der Waals surface area contributed by atoms with E-state index in [0.29, 0.717) is 5.57 Å². The molecule has 122 valence electrons. The highest BCUT2D eigenvalue weighted by atomic mass is 79.9. The van der Waals surface area contributed by atoms with Gasteiger partial charge in [-0.25, -0.2) is 4.79 Å². The molecule has 1 heterocycles. The third-order valence-corrected chi connectivity index (χ3v) is 5.44. The number of ether oxygens (including phenoxy) is 2. The highest BCUT2D eigenvalue weighted by molar-refractivity contribution is 9.10. The van der Waals surface area contributed by atoms with Gasteiger partial charge < -0.3 is 9.47 Å². The van der Waals surface area contributed by atoms with Gasteiger partial charge in [-0.05, 0) is 35.8 Å². The molecule has 0 radical (unpaired) electrons. The highest BCUT2D eigenvalue weighted by Crippen LogP contribution is 2.58. The van der Waals surface area contributed by atoms with E-state index in [2.05, 4.69) is 28.1 Å². The molecule has 1 fully saturated rings.